The topological polar surface area (TPSA) is 51.2 Å². The third kappa shape index (κ3) is 2.85. The SMILES string of the molecule is CCC1CCC(C(NN)c2cc3cccc(C)c3o2)CC1. The Hall–Kier alpha value is -1.32. The Balaban J connectivity index is 1.83. The van der Waals surface area contributed by atoms with Crippen LogP contribution in [0.1, 0.15) is 56.4 Å². The first-order valence-corrected chi connectivity index (χ1v) is 8.18. The minimum atomic E-state index is 0.134. The van der Waals surface area contributed by atoms with E-state index in [0.29, 0.717) is 5.92 Å². The van der Waals surface area contributed by atoms with Crippen LogP contribution in [0.3, 0.4) is 0 Å². The second kappa shape index (κ2) is 6.20. The minimum Gasteiger partial charge on any atom is -0.459 e. The summed E-state index contributed by atoms with van der Waals surface area (Å²) in [6, 6.07) is 8.56. The number of nitrogens with two attached hydrogens (primary N) is 1. The van der Waals surface area contributed by atoms with Crippen molar-refractivity contribution in [1.29, 1.82) is 0 Å². The zero-order chi connectivity index (χ0) is 14.8. The Morgan fingerprint density at radius 2 is 2.05 bits per heavy atom. The highest BCUT2D eigenvalue weighted by atomic mass is 16.3. The first kappa shape index (κ1) is 14.6. The third-order valence-corrected chi connectivity index (χ3v) is 5.19. The maximum absolute atomic E-state index is 6.12. The Kier molecular flexibility index (Phi) is 4.32. The number of fused-ring (bicyclic) bond motifs is 1. The molecule has 0 bridgehead atoms. The first-order valence-electron chi connectivity index (χ1n) is 8.18. The maximum atomic E-state index is 6.12. The number of hydrogen-bond acceptors (Lipinski definition) is 3. The lowest BCUT2D eigenvalue weighted by Gasteiger charge is -2.32. The van der Waals surface area contributed by atoms with Gasteiger partial charge in [-0.3, -0.25) is 5.84 Å². The van der Waals surface area contributed by atoms with Crippen molar-refractivity contribution in [2.45, 2.75) is 52.0 Å². The van der Waals surface area contributed by atoms with Crippen LogP contribution in [-0.2, 0) is 0 Å². The molecule has 1 fully saturated rings. The number of benzene rings is 1. The molecule has 21 heavy (non-hydrogen) atoms. The Labute approximate surface area is 126 Å². The largest absolute Gasteiger partial charge is 0.459 e. The average molecular weight is 286 g/mol. The normalized spacial score (nSPS) is 24.3. The molecule has 2 aromatic rings. The standard InChI is InChI=1S/C18H26N2O/c1-3-13-7-9-14(10-8-13)17(20-19)16-11-15-6-4-5-12(2)18(15)21-16/h4-6,11,13-14,17,20H,3,7-10,19H2,1-2H3. The van der Waals surface area contributed by atoms with Crippen molar-refractivity contribution in [1.82, 2.24) is 5.43 Å². The van der Waals surface area contributed by atoms with Gasteiger partial charge in [0.05, 0.1) is 6.04 Å². The lowest BCUT2D eigenvalue weighted by molar-refractivity contribution is 0.205. The molecule has 1 aromatic heterocycles. The van der Waals surface area contributed by atoms with Crippen LogP contribution in [0.25, 0.3) is 11.0 Å². The molecule has 1 aromatic carbocycles. The van der Waals surface area contributed by atoms with E-state index >= 15 is 0 Å². The van der Waals surface area contributed by atoms with Crippen LogP contribution in [0.5, 0.6) is 0 Å². The highest BCUT2D eigenvalue weighted by molar-refractivity contribution is 5.81. The fourth-order valence-corrected chi connectivity index (χ4v) is 3.76. The van der Waals surface area contributed by atoms with Crippen LogP contribution in [0.2, 0.25) is 0 Å². The molecule has 1 aliphatic rings. The smallest absolute Gasteiger partial charge is 0.137 e. The van der Waals surface area contributed by atoms with Crippen molar-refractivity contribution < 1.29 is 4.42 Å². The molecule has 3 N–H and O–H groups in total. The molecule has 1 saturated carbocycles. The molecule has 0 amide bonds. The quantitative estimate of drug-likeness (QED) is 0.644. The van der Waals surface area contributed by atoms with Crippen LogP contribution in [0.4, 0.5) is 0 Å². The summed E-state index contributed by atoms with van der Waals surface area (Å²) in [6.07, 6.45) is 6.42. The van der Waals surface area contributed by atoms with Crippen LogP contribution in [-0.4, -0.2) is 0 Å². The molecule has 3 rings (SSSR count). The van der Waals surface area contributed by atoms with Gasteiger partial charge in [-0.25, -0.2) is 5.43 Å². The van der Waals surface area contributed by atoms with Gasteiger partial charge in [0.15, 0.2) is 0 Å². The molecule has 114 valence electrons. The van der Waals surface area contributed by atoms with Gasteiger partial charge in [-0.1, -0.05) is 44.4 Å². The summed E-state index contributed by atoms with van der Waals surface area (Å²) in [5.41, 5.74) is 5.19. The van der Waals surface area contributed by atoms with Gasteiger partial charge >= 0.3 is 0 Å². The summed E-state index contributed by atoms with van der Waals surface area (Å²) in [5, 5.41) is 1.17. The molecule has 0 aliphatic heterocycles. The van der Waals surface area contributed by atoms with E-state index in [-0.39, 0.29) is 6.04 Å². The molecule has 1 atom stereocenters. The van der Waals surface area contributed by atoms with Crippen LogP contribution in [0.15, 0.2) is 28.7 Å². The molecular formula is C18H26N2O. The average Bonchev–Trinajstić information content (AvgIpc) is 2.94. The molecule has 3 nitrogen and oxygen atoms in total. The predicted octanol–water partition coefficient (Wildman–Crippen LogP) is 4.46. The number of hydrazine groups is 1. The molecule has 1 aliphatic carbocycles. The number of rotatable bonds is 4. The van der Waals surface area contributed by atoms with Gasteiger partial charge in [0.25, 0.3) is 0 Å². The Morgan fingerprint density at radius 3 is 2.67 bits per heavy atom. The van der Waals surface area contributed by atoms with E-state index in [1.165, 1.54) is 43.1 Å². The predicted molar refractivity (Wildman–Crippen MR) is 86.8 cm³/mol. The van der Waals surface area contributed by atoms with Crippen LogP contribution < -0.4 is 11.3 Å². The highest BCUT2D eigenvalue weighted by Gasteiger charge is 2.29. The van der Waals surface area contributed by atoms with E-state index in [2.05, 4.69) is 43.5 Å². The third-order valence-electron chi connectivity index (χ3n) is 5.19. The van der Waals surface area contributed by atoms with Gasteiger partial charge in [0.1, 0.15) is 11.3 Å². The second-order valence-electron chi connectivity index (χ2n) is 6.48. The number of nitrogens with one attached hydrogen (secondary N) is 1. The van der Waals surface area contributed by atoms with E-state index in [0.717, 1.165) is 17.3 Å². The Bertz CT molecular complexity index is 596. The minimum absolute atomic E-state index is 0.134. The van der Waals surface area contributed by atoms with Gasteiger partial charge in [-0.15, -0.1) is 0 Å². The number of aryl methyl sites for hydroxylation is 1. The lowest BCUT2D eigenvalue weighted by atomic mass is 9.77. The summed E-state index contributed by atoms with van der Waals surface area (Å²) in [6.45, 7) is 4.39. The summed E-state index contributed by atoms with van der Waals surface area (Å²) >= 11 is 0. The highest BCUT2D eigenvalue weighted by Crippen LogP contribution is 2.39. The first-order chi connectivity index (χ1) is 10.2. The lowest BCUT2D eigenvalue weighted by Crippen LogP contribution is -2.35. The summed E-state index contributed by atoms with van der Waals surface area (Å²) in [7, 11) is 0. The van der Waals surface area contributed by atoms with Crippen molar-refractivity contribution in [3.05, 3.63) is 35.6 Å². The van der Waals surface area contributed by atoms with Crippen molar-refractivity contribution >= 4 is 11.0 Å². The van der Waals surface area contributed by atoms with Crippen molar-refractivity contribution in [2.75, 3.05) is 0 Å². The number of para-hydroxylation sites is 1. The van der Waals surface area contributed by atoms with Crippen molar-refractivity contribution in [2.24, 2.45) is 17.7 Å². The zero-order valence-electron chi connectivity index (χ0n) is 13.1. The summed E-state index contributed by atoms with van der Waals surface area (Å²) in [5.74, 6) is 8.32. The molecular weight excluding hydrogens is 260 g/mol. The fourth-order valence-electron chi connectivity index (χ4n) is 3.76. The maximum Gasteiger partial charge on any atom is 0.137 e. The van der Waals surface area contributed by atoms with E-state index in [9.17, 15) is 0 Å². The van der Waals surface area contributed by atoms with Crippen molar-refractivity contribution in [3.8, 4) is 0 Å². The Morgan fingerprint density at radius 1 is 1.29 bits per heavy atom. The zero-order valence-corrected chi connectivity index (χ0v) is 13.1. The molecule has 0 spiro atoms. The van der Waals surface area contributed by atoms with E-state index in [1.54, 1.807) is 0 Å². The monoisotopic (exact) mass is 286 g/mol. The van der Waals surface area contributed by atoms with Gasteiger partial charge in [0.2, 0.25) is 0 Å². The second-order valence-corrected chi connectivity index (χ2v) is 6.48. The number of hydrogen-bond donors (Lipinski definition) is 2. The molecule has 1 unspecified atom stereocenters. The van der Waals surface area contributed by atoms with Crippen molar-refractivity contribution in [3.63, 3.8) is 0 Å². The van der Waals surface area contributed by atoms with Gasteiger partial charge in [0, 0.05) is 5.39 Å². The summed E-state index contributed by atoms with van der Waals surface area (Å²) < 4.78 is 6.12. The fraction of sp³-hybridized carbons (Fsp3) is 0.556. The van der Waals surface area contributed by atoms with E-state index in [1.807, 2.05) is 0 Å². The van der Waals surface area contributed by atoms with Crippen LogP contribution in [0, 0.1) is 18.8 Å². The molecule has 0 radical (unpaired) electrons. The van der Waals surface area contributed by atoms with Gasteiger partial charge < -0.3 is 4.42 Å². The van der Waals surface area contributed by atoms with E-state index < -0.39 is 0 Å². The van der Waals surface area contributed by atoms with Gasteiger partial charge in [-0.05, 0) is 43.2 Å². The van der Waals surface area contributed by atoms with Gasteiger partial charge in [-0.2, -0.15) is 0 Å². The molecule has 3 heteroatoms. The van der Waals surface area contributed by atoms with Crippen LogP contribution >= 0.6 is 0 Å². The molecule has 1 heterocycles. The number of furan rings is 1. The molecule has 0 saturated heterocycles. The summed E-state index contributed by atoms with van der Waals surface area (Å²) in [4.78, 5) is 0. The van der Waals surface area contributed by atoms with E-state index in [4.69, 9.17) is 10.3 Å².